The molecule has 1 aliphatic heterocycles. The molecular formula is C21H17N3O3. The number of nitrogens with zero attached hydrogens (tertiary/aromatic N) is 2. The summed E-state index contributed by atoms with van der Waals surface area (Å²) in [6.45, 7) is 1.77. The Morgan fingerprint density at radius 1 is 1.00 bits per heavy atom. The van der Waals surface area contributed by atoms with E-state index in [1.54, 1.807) is 43.5 Å². The van der Waals surface area contributed by atoms with E-state index >= 15 is 0 Å². The summed E-state index contributed by atoms with van der Waals surface area (Å²) in [5.41, 5.74) is 1.87. The Morgan fingerprint density at radius 2 is 1.67 bits per heavy atom. The third-order valence-corrected chi connectivity index (χ3v) is 4.72. The molecule has 0 radical (unpaired) electrons. The molecule has 0 fully saturated rings. The van der Waals surface area contributed by atoms with Crippen LogP contribution in [0.25, 0.3) is 10.9 Å². The van der Waals surface area contributed by atoms with Gasteiger partial charge in [-0.2, -0.15) is 0 Å². The lowest BCUT2D eigenvalue weighted by Crippen LogP contribution is -2.46. The third-order valence-electron chi connectivity index (χ3n) is 4.72. The van der Waals surface area contributed by atoms with Crippen LogP contribution < -0.4 is 5.32 Å². The summed E-state index contributed by atoms with van der Waals surface area (Å²) in [5, 5.41) is 3.73. The van der Waals surface area contributed by atoms with E-state index in [2.05, 4.69) is 10.3 Å². The Balaban J connectivity index is 1.65. The van der Waals surface area contributed by atoms with Crippen LogP contribution in [0.1, 0.15) is 34.1 Å². The highest BCUT2D eigenvalue weighted by molar-refractivity contribution is 6.23. The van der Waals surface area contributed by atoms with Gasteiger partial charge < -0.3 is 5.32 Å². The van der Waals surface area contributed by atoms with Crippen molar-refractivity contribution < 1.29 is 14.4 Å². The van der Waals surface area contributed by atoms with Crippen molar-refractivity contribution in [2.75, 3.05) is 5.32 Å². The van der Waals surface area contributed by atoms with Gasteiger partial charge in [-0.15, -0.1) is 0 Å². The molecule has 0 spiro atoms. The van der Waals surface area contributed by atoms with Gasteiger partial charge in [0, 0.05) is 11.6 Å². The number of hydrogen-bond acceptors (Lipinski definition) is 4. The highest BCUT2D eigenvalue weighted by atomic mass is 16.2. The number of nitrogens with one attached hydrogen (secondary N) is 1. The van der Waals surface area contributed by atoms with Crippen molar-refractivity contribution in [3.8, 4) is 0 Å². The van der Waals surface area contributed by atoms with Gasteiger partial charge in [-0.05, 0) is 30.7 Å². The number of carbonyl (C=O) groups is 3. The number of aromatic nitrogens is 1. The van der Waals surface area contributed by atoms with E-state index in [0.717, 1.165) is 10.3 Å². The summed E-state index contributed by atoms with van der Waals surface area (Å²) in [6, 6.07) is 14.9. The minimum absolute atomic E-state index is 0.315. The number of imide groups is 1. The number of para-hydroxylation sites is 1. The van der Waals surface area contributed by atoms with Crippen LogP contribution >= 0.6 is 0 Å². The van der Waals surface area contributed by atoms with E-state index in [-0.39, 0.29) is 0 Å². The van der Waals surface area contributed by atoms with Crippen molar-refractivity contribution in [1.29, 1.82) is 0 Å². The first-order valence-electron chi connectivity index (χ1n) is 8.73. The van der Waals surface area contributed by atoms with E-state index in [1.807, 2.05) is 24.3 Å². The molecule has 2 aromatic carbocycles. The molecule has 0 aliphatic carbocycles. The maximum absolute atomic E-state index is 12.9. The third kappa shape index (κ3) is 2.75. The fourth-order valence-electron chi connectivity index (χ4n) is 3.40. The fraction of sp³-hybridized carbons (Fsp3) is 0.143. The molecule has 6 heteroatoms. The van der Waals surface area contributed by atoms with Crippen molar-refractivity contribution in [3.05, 3.63) is 71.9 Å². The van der Waals surface area contributed by atoms with Crippen LogP contribution in [-0.2, 0) is 4.79 Å². The van der Waals surface area contributed by atoms with Gasteiger partial charge in [-0.3, -0.25) is 24.3 Å². The predicted octanol–water partition coefficient (Wildman–Crippen LogP) is 3.25. The summed E-state index contributed by atoms with van der Waals surface area (Å²) in [6.07, 6.45) is 1.97. The Kier molecular flexibility index (Phi) is 4.16. The smallest absolute Gasteiger partial charge is 0.262 e. The Bertz CT molecular complexity index is 1040. The maximum Gasteiger partial charge on any atom is 0.262 e. The monoisotopic (exact) mass is 359 g/mol. The molecule has 1 unspecified atom stereocenters. The zero-order valence-corrected chi connectivity index (χ0v) is 14.7. The number of rotatable bonds is 4. The van der Waals surface area contributed by atoms with Crippen LogP contribution in [0.4, 0.5) is 5.69 Å². The van der Waals surface area contributed by atoms with Gasteiger partial charge in [0.2, 0.25) is 5.91 Å². The lowest BCUT2D eigenvalue weighted by atomic mass is 10.1. The molecule has 0 bridgehead atoms. The summed E-state index contributed by atoms with van der Waals surface area (Å²) >= 11 is 0. The molecule has 4 rings (SSSR count). The molecule has 6 nitrogen and oxygen atoms in total. The first kappa shape index (κ1) is 16.9. The molecule has 1 N–H and O–H groups in total. The van der Waals surface area contributed by atoms with Gasteiger partial charge in [0.15, 0.2) is 0 Å². The quantitative estimate of drug-likeness (QED) is 0.725. The highest BCUT2D eigenvalue weighted by Gasteiger charge is 2.41. The number of pyridine rings is 1. The molecule has 3 aromatic rings. The fourth-order valence-corrected chi connectivity index (χ4v) is 3.40. The largest absolute Gasteiger partial charge is 0.322 e. The Labute approximate surface area is 155 Å². The van der Waals surface area contributed by atoms with Gasteiger partial charge in [0.05, 0.1) is 22.3 Å². The molecule has 1 aromatic heterocycles. The molecule has 2 heterocycles. The minimum atomic E-state index is -0.892. The van der Waals surface area contributed by atoms with E-state index in [0.29, 0.717) is 28.8 Å². The number of benzene rings is 2. The highest BCUT2D eigenvalue weighted by Crippen LogP contribution is 2.27. The molecule has 0 saturated heterocycles. The average Bonchev–Trinajstić information content (AvgIpc) is 2.94. The van der Waals surface area contributed by atoms with E-state index < -0.39 is 23.8 Å². The number of fused-ring (bicyclic) bond motifs is 2. The number of carbonyl (C=O) groups excluding carboxylic acids is 3. The zero-order valence-electron chi connectivity index (χ0n) is 14.7. The number of amides is 3. The summed E-state index contributed by atoms with van der Waals surface area (Å²) in [7, 11) is 0. The van der Waals surface area contributed by atoms with E-state index in [4.69, 9.17) is 0 Å². The molecule has 0 saturated carbocycles. The standard InChI is InChI=1S/C21H17N3O3/c1-2-17(24-20(26)14-9-3-4-10-15(14)21(24)27)19(25)23-16-11-5-7-13-8-6-12-22-18(13)16/h3-12,17H,2H2,1H3,(H,23,25). The zero-order chi connectivity index (χ0) is 19.0. The van der Waals surface area contributed by atoms with Crippen LogP contribution in [-0.4, -0.2) is 33.6 Å². The lowest BCUT2D eigenvalue weighted by molar-refractivity contribution is -0.120. The first-order chi connectivity index (χ1) is 13.1. The van der Waals surface area contributed by atoms with E-state index in [1.165, 1.54) is 0 Å². The van der Waals surface area contributed by atoms with Gasteiger partial charge in [-0.1, -0.05) is 37.3 Å². The van der Waals surface area contributed by atoms with Gasteiger partial charge in [-0.25, -0.2) is 0 Å². The van der Waals surface area contributed by atoms with Crippen LogP contribution in [0.2, 0.25) is 0 Å². The topological polar surface area (TPSA) is 79.4 Å². The van der Waals surface area contributed by atoms with Crippen molar-refractivity contribution in [2.24, 2.45) is 0 Å². The van der Waals surface area contributed by atoms with Gasteiger partial charge in [0.1, 0.15) is 6.04 Å². The van der Waals surface area contributed by atoms with Crippen molar-refractivity contribution >= 4 is 34.3 Å². The van der Waals surface area contributed by atoms with Crippen LogP contribution in [0.3, 0.4) is 0 Å². The maximum atomic E-state index is 12.9. The molecule has 134 valence electrons. The molecular weight excluding hydrogens is 342 g/mol. The second-order valence-corrected chi connectivity index (χ2v) is 6.32. The number of anilines is 1. The van der Waals surface area contributed by atoms with Crippen LogP contribution in [0, 0.1) is 0 Å². The predicted molar refractivity (Wildman–Crippen MR) is 101 cm³/mol. The normalized spacial score (nSPS) is 14.3. The van der Waals surface area contributed by atoms with E-state index in [9.17, 15) is 14.4 Å². The van der Waals surface area contributed by atoms with Crippen molar-refractivity contribution in [2.45, 2.75) is 19.4 Å². The minimum Gasteiger partial charge on any atom is -0.322 e. The van der Waals surface area contributed by atoms with Crippen molar-refractivity contribution in [1.82, 2.24) is 9.88 Å². The summed E-state index contributed by atoms with van der Waals surface area (Å²) < 4.78 is 0. The van der Waals surface area contributed by atoms with Crippen molar-refractivity contribution in [3.63, 3.8) is 0 Å². The second kappa shape index (κ2) is 6.64. The summed E-state index contributed by atoms with van der Waals surface area (Å²) in [4.78, 5) is 43.7. The van der Waals surface area contributed by atoms with Gasteiger partial charge >= 0.3 is 0 Å². The molecule has 27 heavy (non-hydrogen) atoms. The summed E-state index contributed by atoms with van der Waals surface area (Å²) in [5.74, 6) is -1.28. The SMILES string of the molecule is CCC(C(=O)Nc1cccc2cccnc12)N1C(=O)c2ccccc2C1=O. The molecule has 1 atom stereocenters. The molecule has 3 amide bonds. The van der Waals surface area contributed by atoms with Crippen LogP contribution in [0.5, 0.6) is 0 Å². The average molecular weight is 359 g/mol. The Morgan fingerprint density at radius 3 is 2.33 bits per heavy atom. The lowest BCUT2D eigenvalue weighted by Gasteiger charge is -2.24. The van der Waals surface area contributed by atoms with Crippen LogP contribution in [0.15, 0.2) is 60.8 Å². The Hall–Kier alpha value is -3.54. The van der Waals surface area contributed by atoms with Gasteiger partial charge in [0.25, 0.3) is 11.8 Å². The number of hydrogen-bond donors (Lipinski definition) is 1. The first-order valence-corrected chi connectivity index (χ1v) is 8.73. The molecule has 1 aliphatic rings. The second-order valence-electron chi connectivity index (χ2n) is 6.32.